The van der Waals surface area contributed by atoms with Crippen LogP contribution in [0.5, 0.6) is 0 Å². The Balaban J connectivity index is 0.00000144. The zero-order valence-corrected chi connectivity index (χ0v) is 15.9. The van der Waals surface area contributed by atoms with Gasteiger partial charge in [-0.2, -0.15) is 0 Å². The van der Waals surface area contributed by atoms with Gasteiger partial charge in [-0.05, 0) is 78.2 Å². The highest BCUT2D eigenvalue weighted by molar-refractivity contribution is 7.10. The van der Waals surface area contributed by atoms with E-state index in [-0.39, 0.29) is 12.4 Å². The maximum Gasteiger partial charge on any atom is 0.0305 e. The summed E-state index contributed by atoms with van der Waals surface area (Å²) in [6, 6.07) is 0.747. The molecule has 0 unspecified atom stereocenters. The second-order valence-electron chi connectivity index (χ2n) is 8.47. The molecule has 1 heterocycles. The van der Waals surface area contributed by atoms with E-state index < -0.39 is 0 Å². The van der Waals surface area contributed by atoms with Gasteiger partial charge in [-0.1, -0.05) is 20.8 Å². The smallest absolute Gasteiger partial charge is 0.0305 e. The second kappa shape index (κ2) is 5.79. The summed E-state index contributed by atoms with van der Waals surface area (Å²) in [6.45, 7) is 10.9. The molecule has 4 saturated carbocycles. The Hall–Kier alpha value is -0.0500. The van der Waals surface area contributed by atoms with E-state index >= 15 is 0 Å². The van der Waals surface area contributed by atoms with Crippen LogP contribution in [0.25, 0.3) is 0 Å². The minimum atomic E-state index is 0. The van der Waals surface area contributed by atoms with E-state index in [2.05, 4.69) is 38.4 Å². The molecule has 1 aromatic rings. The van der Waals surface area contributed by atoms with Crippen LogP contribution in [0.2, 0.25) is 0 Å². The molecule has 22 heavy (non-hydrogen) atoms. The molecule has 0 radical (unpaired) electrons. The summed E-state index contributed by atoms with van der Waals surface area (Å²) in [4.78, 5) is 1.63. The summed E-state index contributed by atoms with van der Waals surface area (Å²) in [7, 11) is 0. The highest BCUT2D eigenvalue weighted by Gasteiger charge is 2.56. The van der Waals surface area contributed by atoms with Crippen LogP contribution in [-0.4, -0.2) is 6.04 Å². The van der Waals surface area contributed by atoms with E-state index in [4.69, 9.17) is 0 Å². The minimum absolute atomic E-state index is 0. The van der Waals surface area contributed by atoms with Crippen LogP contribution in [0.3, 0.4) is 0 Å². The summed E-state index contributed by atoms with van der Waals surface area (Å²) in [6.07, 6.45) is 5.72. The van der Waals surface area contributed by atoms with Crippen molar-refractivity contribution >= 4 is 23.7 Å². The number of rotatable bonds is 4. The Morgan fingerprint density at radius 2 is 2.00 bits per heavy atom. The summed E-state index contributed by atoms with van der Waals surface area (Å²) in [5, 5.41) is 6.30. The van der Waals surface area contributed by atoms with Crippen LogP contribution in [0, 0.1) is 30.1 Å². The van der Waals surface area contributed by atoms with Gasteiger partial charge in [0.05, 0.1) is 0 Å². The number of hydrogen-bond acceptors (Lipinski definition) is 2. The Labute approximate surface area is 145 Å². The number of aryl methyl sites for hydroxylation is 1. The lowest BCUT2D eigenvalue weighted by atomic mass is 9.45. The predicted molar refractivity (Wildman–Crippen MR) is 98.1 cm³/mol. The first-order chi connectivity index (χ1) is 9.98. The quantitative estimate of drug-likeness (QED) is 0.762. The molecule has 0 saturated heterocycles. The Morgan fingerprint density at radius 1 is 1.27 bits per heavy atom. The first kappa shape index (κ1) is 16.8. The van der Waals surface area contributed by atoms with Crippen molar-refractivity contribution in [1.29, 1.82) is 0 Å². The molecule has 4 aliphatic rings. The molecule has 0 amide bonds. The maximum atomic E-state index is 3.93. The number of halogens is 1. The van der Waals surface area contributed by atoms with Gasteiger partial charge in [-0.25, -0.2) is 0 Å². The van der Waals surface area contributed by atoms with Gasteiger partial charge in [0.2, 0.25) is 0 Å². The summed E-state index contributed by atoms with van der Waals surface area (Å²) in [5.74, 6) is 3.64. The van der Waals surface area contributed by atoms with Crippen molar-refractivity contribution < 1.29 is 0 Å². The van der Waals surface area contributed by atoms with Crippen molar-refractivity contribution in [3.8, 4) is 0 Å². The summed E-state index contributed by atoms with van der Waals surface area (Å²) < 4.78 is 0. The lowest BCUT2D eigenvalue weighted by Gasteiger charge is -2.62. The average Bonchev–Trinajstić information content (AvgIpc) is 3.21. The van der Waals surface area contributed by atoms with E-state index in [1.54, 1.807) is 16.0 Å². The molecule has 3 heteroatoms. The lowest BCUT2D eigenvalue weighted by molar-refractivity contribution is -0.115. The minimum Gasteiger partial charge on any atom is -0.309 e. The van der Waals surface area contributed by atoms with E-state index in [1.807, 2.05) is 11.3 Å². The highest BCUT2D eigenvalue weighted by atomic mass is 35.5. The monoisotopic (exact) mass is 339 g/mol. The van der Waals surface area contributed by atoms with Crippen LogP contribution in [-0.2, 0) is 6.54 Å². The fourth-order valence-corrected chi connectivity index (χ4v) is 6.28. The van der Waals surface area contributed by atoms with Crippen molar-refractivity contribution in [3.05, 3.63) is 21.4 Å². The standard InChI is InChI=1S/C19H29NS.ClH/c1-11-10-21-17(18(11)13-5-6-13)9-20-16-8-14-7-15(12(16)2)19(14,3)4;/h10,12-16,20H,5-9H2,1-4H3;1H/t12-,14+,15-,16-;/m1./s1. The van der Waals surface area contributed by atoms with E-state index in [1.165, 1.54) is 25.7 Å². The first-order valence-electron chi connectivity index (χ1n) is 8.78. The van der Waals surface area contributed by atoms with Gasteiger partial charge in [0.25, 0.3) is 0 Å². The van der Waals surface area contributed by atoms with Gasteiger partial charge in [0, 0.05) is 17.5 Å². The molecule has 1 aromatic heterocycles. The third-order valence-corrected chi connectivity index (χ3v) is 8.09. The molecule has 5 rings (SSSR count). The largest absolute Gasteiger partial charge is 0.309 e. The van der Waals surface area contributed by atoms with Crippen molar-refractivity contribution in [3.63, 3.8) is 0 Å². The second-order valence-corrected chi connectivity index (χ2v) is 9.44. The number of nitrogens with one attached hydrogen (secondary N) is 1. The number of fused-ring (bicyclic) bond motifs is 2. The van der Waals surface area contributed by atoms with Crippen molar-refractivity contribution in [2.24, 2.45) is 23.2 Å². The molecular formula is C19H30ClNS. The fourth-order valence-electron chi connectivity index (χ4n) is 5.21. The zero-order valence-electron chi connectivity index (χ0n) is 14.3. The van der Waals surface area contributed by atoms with Crippen molar-refractivity contribution in [2.75, 3.05) is 0 Å². The molecule has 1 nitrogen and oxygen atoms in total. The van der Waals surface area contributed by atoms with Gasteiger partial charge in [0.1, 0.15) is 0 Å². The van der Waals surface area contributed by atoms with Crippen molar-refractivity contribution in [2.45, 2.75) is 71.9 Å². The molecule has 0 aromatic carbocycles. The van der Waals surface area contributed by atoms with Crippen LogP contribution in [0.1, 0.15) is 68.4 Å². The lowest BCUT2D eigenvalue weighted by Crippen LogP contribution is -2.59. The van der Waals surface area contributed by atoms with E-state index in [9.17, 15) is 0 Å². The Kier molecular flexibility index (Phi) is 4.42. The van der Waals surface area contributed by atoms with Gasteiger partial charge < -0.3 is 5.32 Å². The average molecular weight is 340 g/mol. The molecule has 4 atom stereocenters. The molecule has 124 valence electrons. The molecule has 0 aliphatic heterocycles. The molecule has 1 N–H and O–H groups in total. The van der Waals surface area contributed by atoms with Gasteiger partial charge in [-0.3, -0.25) is 0 Å². The van der Waals surface area contributed by atoms with E-state index in [0.717, 1.165) is 36.3 Å². The van der Waals surface area contributed by atoms with Crippen molar-refractivity contribution in [1.82, 2.24) is 5.32 Å². The Morgan fingerprint density at radius 3 is 2.59 bits per heavy atom. The van der Waals surface area contributed by atoms with Gasteiger partial charge in [-0.15, -0.1) is 23.7 Å². The third-order valence-electron chi connectivity index (χ3n) is 6.97. The molecular weight excluding hydrogens is 310 g/mol. The third kappa shape index (κ3) is 2.56. The fraction of sp³-hybridized carbons (Fsp3) is 0.789. The van der Waals surface area contributed by atoms with Crippen LogP contribution < -0.4 is 5.32 Å². The van der Waals surface area contributed by atoms with E-state index in [0.29, 0.717) is 5.41 Å². The predicted octanol–water partition coefficient (Wildman–Crippen LogP) is 5.52. The summed E-state index contributed by atoms with van der Waals surface area (Å²) in [5.41, 5.74) is 3.84. The highest BCUT2D eigenvalue weighted by Crippen LogP contribution is 2.61. The van der Waals surface area contributed by atoms with Crippen LogP contribution in [0.15, 0.2) is 5.38 Å². The van der Waals surface area contributed by atoms with Gasteiger partial charge >= 0.3 is 0 Å². The molecule has 4 aliphatic carbocycles. The zero-order chi connectivity index (χ0) is 14.8. The van der Waals surface area contributed by atoms with Crippen LogP contribution in [0.4, 0.5) is 0 Å². The SMILES string of the molecule is Cc1csc(CN[C@@H]2C[C@@H]3C[C@H]([C@H]2C)C3(C)C)c1C1CC1.Cl. The first-order valence-corrected chi connectivity index (χ1v) is 9.66. The normalized spacial score (nSPS) is 35.6. The summed E-state index contributed by atoms with van der Waals surface area (Å²) >= 11 is 1.98. The molecule has 4 fully saturated rings. The maximum absolute atomic E-state index is 3.93. The van der Waals surface area contributed by atoms with Crippen LogP contribution >= 0.6 is 23.7 Å². The number of hydrogen-bond donors (Lipinski definition) is 1. The topological polar surface area (TPSA) is 12.0 Å². The van der Waals surface area contributed by atoms with Gasteiger partial charge in [0.15, 0.2) is 0 Å². The molecule has 2 bridgehead atoms. The Bertz CT molecular complexity index is 546. The number of thiophene rings is 1. The molecule has 0 spiro atoms.